The Labute approximate surface area is 185 Å². The summed E-state index contributed by atoms with van der Waals surface area (Å²) < 4.78 is 0. The molecule has 0 spiro atoms. The number of benzene rings is 4. The molecule has 0 saturated heterocycles. The van der Waals surface area contributed by atoms with Crippen molar-refractivity contribution in [3.8, 4) is 0 Å². The highest BCUT2D eigenvalue weighted by Crippen LogP contribution is 2.38. The van der Waals surface area contributed by atoms with Gasteiger partial charge in [0.25, 0.3) is 0 Å². The Morgan fingerprint density at radius 3 is 1.81 bits per heavy atom. The first-order chi connectivity index (χ1) is 15.3. The van der Waals surface area contributed by atoms with Gasteiger partial charge < -0.3 is 0 Å². The summed E-state index contributed by atoms with van der Waals surface area (Å²) >= 11 is 0. The second-order valence-electron chi connectivity index (χ2n) is 7.69. The second-order valence-corrected chi connectivity index (χ2v) is 7.69. The van der Waals surface area contributed by atoms with E-state index in [1.807, 2.05) is 6.07 Å². The third-order valence-electron chi connectivity index (χ3n) is 5.62. The molecule has 0 saturated carbocycles. The summed E-state index contributed by atoms with van der Waals surface area (Å²) in [5.41, 5.74) is 8.18. The van der Waals surface area contributed by atoms with E-state index in [1.165, 1.54) is 22.3 Å². The molecule has 0 unspecified atom stereocenters. The first-order valence-electron chi connectivity index (χ1n) is 10.8. The molecule has 4 aromatic rings. The quantitative estimate of drug-likeness (QED) is 0.229. The monoisotopic (exact) mass is 401 g/mol. The summed E-state index contributed by atoms with van der Waals surface area (Å²) in [6, 6.07) is 38.2. The zero-order chi connectivity index (χ0) is 21.5. The molecule has 0 aliphatic heterocycles. The van der Waals surface area contributed by atoms with E-state index in [9.17, 15) is 0 Å². The van der Waals surface area contributed by atoms with Gasteiger partial charge in [-0.05, 0) is 47.0 Å². The number of aryl methyl sites for hydroxylation is 1. The Bertz CT molecular complexity index is 1150. The lowest BCUT2D eigenvalue weighted by atomic mass is 9.83. The first kappa shape index (κ1) is 20.6. The van der Waals surface area contributed by atoms with E-state index in [0.717, 1.165) is 23.2 Å². The highest BCUT2D eigenvalue weighted by Gasteiger charge is 2.20. The fourth-order valence-electron chi connectivity index (χ4n) is 4.02. The van der Waals surface area contributed by atoms with Crippen LogP contribution in [0.2, 0.25) is 0 Å². The van der Waals surface area contributed by atoms with Crippen molar-refractivity contribution >= 4 is 17.1 Å². The van der Waals surface area contributed by atoms with Crippen molar-refractivity contribution in [2.24, 2.45) is 4.99 Å². The lowest BCUT2D eigenvalue weighted by molar-refractivity contribution is 0.973. The van der Waals surface area contributed by atoms with Crippen LogP contribution in [0.25, 0.3) is 5.57 Å². The molecule has 4 rings (SSSR count). The van der Waals surface area contributed by atoms with Gasteiger partial charge in [-0.25, -0.2) is 4.99 Å². The maximum absolute atomic E-state index is 4.94. The van der Waals surface area contributed by atoms with Gasteiger partial charge in [0.05, 0.1) is 5.69 Å². The van der Waals surface area contributed by atoms with Crippen LogP contribution in [0.15, 0.2) is 114 Å². The van der Waals surface area contributed by atoms with Gasteiger partial charge in [-0.15, -0.1) is 0 Å². The second kappa shape index (κ2) is 9.89. The molecule has 0 atom stereocenters. The molecule has 0 aromatic heterocycles. The first-order valence-corrected chi connectivity index (χ1v) is 10.8. The van der Waals surface area contributed by atoms with E-state index in [1.54, 1.807) is 0 Å². The van der Waals surface area contributed by atoms with Crippen LogP contribution in [0.5, 0.6) is 0 Å². The molecular formula is C30H27N. The van der Waals surface area contributed by atoms with Crippen LogP contribution in [-0.2, 0) is 0 Å². The third-order valence-corrected chi connectivity index (χ3v) is 5.62. The van der Waals surface area contributed by atoms with Crippen molar-refractivity contribution in [3.63, 3.8) is 0 Å². The summed E-state index contributed by atoms with van der Waals surface area (Å²) in [6.07, 6.45) is 0.884. The number of rotatable bonds is 6. The third kappa shape index (κ3) is 4.74. The molecule has 4 aromatic carbocycles. The molecule has 0 radical (unpaired) electrons. The molecule has 0 bridgehead atoms. The van der Waals surface area contributed by atoms with Gasteiger partial charge in [0.15, 0.2) is 0 Å². The normalized spacial score (nSPS) is 10.5. The molecule has 0 fully saturated rings. The van der Waals surface area contributed by atoms with Crippen molar-refractivity contribution in [2.75, 3.05) is 0 Å². The van der Waals surface area contributed by atoms with E-state index in [-0.39, 0.29) is 5.92 Å². The molecule has 1 heteroatoms. The van der Waals surface area contributed by atoms with Crippen LogP contribution in [0, 0.1) is 6.92 Å². The molecule has 0 aliphatic carbocycles. The number of para-hydroxylation sites is 1. The zero-order valence-corrected chi connectivity index (χ0v) is 18.1. The Kier molecular flexibility index (Phi) is 6.57. The van der Waals surface area contributed by atoms with Gasteiger partial charge in [0.1, 0.15) is 0 Å². The summed E-state index contributed by atoms with van der Waals surface area (Å²) in [6.45, 7) is 4.28. The highest BCUT2D eigenvalue weighted by atomic mass is 14.7. The molecule has 0 N–H and O–H groups in total. The molecular weight excluding hydrogens is 374 g/mol. The van der Waals surface area contributed by atoms with Crippen molar-refractivity contribution in [2.45, 2.75) is 26.2 Å². The SMILES string of the molecule is CCC(=C=Nc1c(C)cccc1C(c1ccccc1)c1ccccc1)c1ccccc1. The lowest BCUT2D eigenvalue weighted by Crippen LogP contribution is -2.04. The number of allylic oxidation sites excluding steroid dienone is 1. The van der Waals surface area contributed by atoms with E-state index < -0.39 is 0 Å². The van der Waals surface area contributed by atoms with Crippen LogP contribution < -0.4 is 0 Å². The van der Waals surface area contributed by atoms with Crippen LogP contribution in [0.4, 0.5) is 5.69 Å². The minimum absolute atomic E-state index is 0.115. The van der Waals surface area contributed by atoms with Crippen LogP contribution in [0.3, 0.4) is 0 Å². The van der Waals surface area contributed by atoms with Crippen LogP contribution in [0.1, 0.15) is 47.1 Å². The van der Waals surface area contributed by atoms with Gasteiger partial charge in [0, 0.05) is 11.5 Å². The topological polar surface area (TPSA) is 12.4 Å². The Balaban J connectivity index is 1.89. The largest absolute Gasteiger partial charge is 0.205 e. The summed E-state index contributed by atoms with van der Waals surface area (Å²) in [5.74, 6) is 3.50. The maximum Gasteiger partial charge on any atom is 0.0800 e. The standard InChI is InChI=1S/C30H27N/c1-3-24(25-15-7-4-8-16-25)22-31-30-23(2)14-13-21-28(30)29(26-17-9-5-10-18-26)27-19-11-6-12-20-27/h4-21,29H,3H2,1-2H3. The van der Waals surface area contributed by atoms with E-state index in [0.29, 0.717) is 0 Å². The van der Waals surface area contributed by atoms with Gasteiger partial charge in [-0.3, -0.25) is 0 Å². The number of nitrogens with zero attached hydrogens (tertiary/aromatic N) is 1. The van der Waals surface area contributed by atoms with Crippen LogP contribution >= 0.6 is 0 Å². The summed E-state index contributed by atoms with van der Waals surface area (Å²) in [7, 11) is 0. The summed E-state index contributed by atoms with van der Waals surface area (Å²) in [5, 5.41) is 0. The van der Waals surface area contributed by atoms with Crippen LogP contribution in [-0.4, -0.2) is 5.87 Å². The fraction of sp³-hybridized carbons (Fsp3) is 0.133. The van der Waals surface area contributed by atoms with E-state index in [2.05, 4.69) is 123 Å². The Morgan fingerprint density at radius 2 is 1.26 bits per heavy atom. The Morgan fingerprint density at radius 1 is 0.710 bits per heavy atom. The summed E-state index contributed by atoms with van der Waals surface area (Å²) in [4.78, 5) is 4.94. The van der Waals surface area contributed by atoms with Crippen molar-refractivity contribution in [3.05, 3.63) is 137 Å². The number of hydrogen-bond acceptors (Lipinski definition) is 1. The lowest BCUT2D eigenvalue weighted by Gasteiger charge is -2.21. The fourth-order valence-corrected chi connectivity index (χ4v) is 4.02. The van der Waals surface area contributed by atoms with Gasteiger partial charge in [-0.2, -0.15) is 0 Å². The average molecular weight is 402 g/mol. The smallest absolute Gasteiger partial charge is 0.0800 e. The predicted molar refractivity (Wildman–Crippen MR) is 132 cm³/mol. The minimum atomic E-state index is 0.115. The van der Waals surface area contributed by atoms with Gasteiger partial charge in [0.2, 0.25) is 0 Å². The van der Waals surface area contributed by atoms with Gasteiger partial charge >= 0.3 is 0 Å². The predicted octanol–water partition coefficient (Wildman–Crippen LogP) is 7.97. The molecule has 31 heavy (non-hydrogen) atoms. The van der Waals surface area contributed by atoms with E-state index >= 15 is 0 Å². The molecule has 0 heterocycles. The Hall–Kier alpha value is -3.67. The molecule has 0 amide bonds. The maximum atomic E-state index is 4.94. The number of hydrogen-bond donors (Lipinski definition) is 0. The average Bonchev–Trinajstić information content (AvgIpc) is 2.83. The number of aliphatic imine (C=N–C) groups is 1. The zero-order valence-electron chi connectivity index (χ0n) is 18.1. The molecule has 152 valence electrons. The van der Waals surface area contributed by atoms with E-state index in [4.69, 9.17) is 4.99 Å². The molecule has 0 aliphatic rings. The highest BCUT2D eigenvalue weighted by molar-refractivity contribution is 5.91. The van der Waals surface area contributed by atoms with Gasteiger partial charge in [-0.1, -0.05) is 116 Å². The minimum Gasteiger partial charge on any atom is -0.205 e. The van der Waals surface area contributed by atoms with Crippen molar-refractivity contribution in [1.29, 1.82) is 0 Å². The van der Waals surface area contributed by atoms with Crippen molar-refractivity contribution in [1.82, 2.24) is 0 Å². The van der Waals surface area contributed by atoms with Crippen molar-refractivity contribution < 1.29 is 0 Å². The molecule has 1 nitrogen and oxygen atoms in total.